The van der Waals surface area contributed by atoms with E-state index in [1.165, 1.54) is 70.6 Å². The third kappa shape index (κ3) is 16.0. The van der Waals surface area contributed by atoms with E-state index in [0.29, 0.717) is 0 Å². The van der Waals surface area contributed by atoms with Gasteiger partial charge in [-0.2, -0.15) is 0 Å². The van der Waals surface area contributed by atoms with Crippen molar-refractivity contribution < 1.29 is 4.74 Å². The Kier molecular flexibility index (Phi) is 15.9. The van der Waals surface area contributed by atoms with Crippen LogP contribution in [-0.4, -0.2) is 13.2 Å². The Morgan fingerprint density at radius 3 is 1.65 bits per heavy atom. The molecule has 0 amide bonds. The average molecular weight is 241 g/mol. The van der Waals surface area contributed by atoms with Gasteiger partial charge in [-0.25, -0.2) is 0 Å². The van der Waals surface area contributed by atoms with E-state index < -0.39 is 0 Å². The Hall–Kier alpha value is -0.0400. The lowest BCUT2D eigenvalue weighted by molar-refractivity contribution is 0.126. The first-order valence-corrected chi connectivity index (χ1v) is 7.78. The van der Waals surface area contributed by atoms with E-state index >= 15 is 0 Å². The smallest absolute Gasteiger partial charge is 0.0466 e. The van der Waals surface area contributed by atoms with Gasteiger partial charge in [0.2, 0.25) is 0 Å². The molecule has 0 aromatic carbocycles. The van der Waals surface area contributed by atoms with Crippen molar-refractivity contribution in [2.24, 2.45) is 0 Å². The summed E-state index contributed by atoms with van der Waals surface area (Å²) in [6, 6.07) is 0. The monoisotopic (exact) mass is 241 g/mol. The topological polar surface area (TPSA) is 9.23 Å². The first-order valence-electron chi connectivity index (χ1n) is 7.78. The Morgan fingerprint density at radius 2 is 1.12 bits per heavy atom. The Bertz CT molecular complexity index is 109. The average Bonchev–Trinajstić information content (AvgIpc) is 2.35. The Labute approximate surface area is 109 Å². The van der Waals surface area contributed by atoms with Crippen LogP contribution in [0, 0.1) is 6.92 Å². The van der Waals surface area contributed by atoms with Crippen molar-refractivity contribution in [2.45, 2.75) is 84.0 Å². The van der Waals surface area contributed by atoms with Gasteiger partial charge in [-0.05, 0) is 12.8 Å². The van der Waals surface area contributed by atoms with Crippen molar-refractivity contribution in [3.05, 3.63) is 6.92 Å². The third-order valence-electron chi connectivity index (χ3n) is 3.18. The summed E-state index contributed by atoms with van der Waals surface area (Å²) < 4.78 is 5.60. The summed E-state index contributed by atoms with van der Waals surface area (Å²) >= 11 is 0. The molecule has 0 heterocycles. The van der Waals surface area contributed by atoms with Crippen LogP contribution in [0.25, 0.3) is 0 Å². The highest BCUT2D eigenvalue weighted by molar-refractivity contribution is 4.47. The molecule has 0 aliphatic heterocycles. The molecule has 0 aliphatic carbocycles. The first-order chi connectivity index (χ1) is 8.41. The van der Waals surface area contributed by atoms with Crippen LogP contribution < -0.4 is 0 Å². The zero-order valence-corrected chi connectivity index (χ0v) is 12.0. The van der Waals surface area contributed by atoms with Crippen LogP contribution in [0.4, 0.5) is 0 Å². The second-order valence-electron chi connectivity index (χ2n) is 5.00. The molecule has 1 heteroatoms. The molecule has 0 saturated heterocycles. The summed E-state index contributed by atoms with van der Waals surface area (Å²) in [5.41, 5.74) is 0. The van der Waals surface area contributed by atoms with E-state index in [-0.39, 0.29) is 0 Å². The van der Waals surface area contributed by atoms with E-state index in [1.807, 2.05) is 0 Å². The summed E-state index contributed by atoms with van der Waals surface area (Å²) in [5, 5.41) is 0. The SMILES string of the molecule is [CH2]CCCCCOCCCCCCCCCC. The van der Waals surface area contributed by atoms with Crippen LogP contribution in [0.15, 0.2) is 0 Å². The van der Waals surface area contributed by atoms with Gasteiger partial charge < -0.3 is 4.74 Å². The lowest BCUT2D eigenvalue weighted by Crippen LogP contribution is -1.97. The Morgan fingerprint density at radius 1 is 0.647 bits per heavy atom. The van der Waals surface area contributed by atoms with E-state index in [4.69, 9.17) is 4.74 Å². The van der Waals surface area contributed by atoms with Gasteiger partial charge >= 0.3 is 0 Å². The van der Waals surface area contributed by atoms with Crippen molar-refractivity contribution in [3.63, 3.8) is 0 Å². The molecule has 0 bridgehead atoms. The van der Waals surface area contributed by atoms with E-state index in [0.717, 1.165) is 19.6 Å². The quantitative estimate of drug-likeness (QED) is 0.363. The third-order valence-corrected chi connectivity index (χ3v) is 3.18. The van der Waals surface area contributed by atoms with Gasteiger partial charge in [-0.1, -0.05) is 78.1 Å². The standard InChI is InChI=1S/C16H33O/c1-3-5-7-9-10-11-12-14-16-17-15-13-8-6-4-2/h2-16H2,1H3. The first kappa shape index (κ1) is 17.0. The molecule has 103 valence electrons. The highest BCUT2D eigenvalue weighted by Crippen LogP contribution is 2.08. The zero-order valence-electron chi connectivity index (χ0n) is 12.0. The van der Waals surface area contributed by atoms with Gasteiger partial charge in [0.1, 0.15) is 0 Å². The summed E-state index contributed by atoms with van der Waals surface area (Å²) in [6.07, 6.45) is 15.9. The summed E-state index contributed by atoms with van der Waals surface area (Å²) in [5.74, 6) is 0. The number of rotatable bonds is 14. The number of hydrogen-bond donors (Lipinski definition) is 0. The van der Waals surface area contributed by atoms with E-state index in [9.17, 15) is 0 Å². The minimum Gasteiger partial charge on any atom is -0.381 e. The van der Waals surface area contributed by atoms with Crippen molar-refractivity contribution in [1.82, 2.24) is 0 Å². The Balaban J connectivity index is 2.85. The van der Waals surface area contributed by atoms with Gasteiger partial charge in [0, 0.05) is 13.2 Å². The molecule has 0 N–H and O–H groups in total. The molecule has 0 aliphatic rings. The van der Waals surface area contributed by atoms with Crippen LogP contribution in [-0.2, 0) is 4.74 Å². The van der Waals surface area contributed by atoms with Crippen molar-refractivity contribution >= 4 is 0 Å². The molecule has 0 rings (SSSR count). The lowest BCUT2D eigenvalue weighted by atomic mass is 10.1. The molecule has 0 aromatic rings. The molecule has 0 spiro atoms. The lowest BCUT2D eigenvalue weighted by Gasteiger charge is -2.04. The normalized spacial score (nSPS) is 10.9. The van der Waals surface area contributed by atoms with Crippen LogP contribution in [0.5, 0.6) is 0 Å². The minimum absolute atomic E-state index is 0.955. The number of hydrogen-bond acceptors (Lipinski definition) is 1. The van der Waals surface area contributed by atoms with Crippen LogP contribution in [0.3, 0.4) is 0 Å². The summed E-state index contributed by atoms with van der Waals surface area (Å²) in [6.45, 7) is 8.04. The molecular weight excluding hydrogens is 208 g/mol. The summed E-state index contributed by atoms with van der Waals surface area (Å²) in [4.78, 5) is 0. The maximum absolute atomic E-state index is 5.60. The van der Waals surface area contributed by atoms with Gasteiger partial charge in [0.25, 0.3) is 0 Å². The molecule has 0 fully saturated rings. The fraction of sp³-hybridized carbons (Fsp3) is 0.938. The van der Waals surface area contributed by atoms with Crippen LogP contribution in [0.2, 0.25) is 0 Å². The van der Waals surface area contributed by atoms with Crippen molar-refractivity contribution in [2.75, 3.05) is 13.2 Å². The molecule has 0 saturated carbocycles. The van der Waals surface area contributed by atoms with Gasteiger partial charge in [-0.15, -0.1) is 0 Å². The molecule has 1 nitrogen and oxygen atoms in total. The fourth-order valence-electron chi connectivity index (χ4n) is 2.00. The molecule has 0 unspecified atom stereocenters. The second-order valence-corrected chi connectivity index (χ2v) is 5.00. The largest absolute Gasteiger partial charge is 0.381 e. The second kappa shape index (κ2) is 16.0. The maximum atomic E-state index is 5.60. The highest BCUT2D eigenvalue weighted by Gasteiger charge is 1.92. The molecule has 0 aromatic heterocycles. The predicted octanol–water partition coefficient (Wildman–Crippen LogP) is 5.54. The zero-order chi connectivity index (χ0) is 12.6. The minimum atomic E-state index is 0.955. The van der Waals surface area contributed by atoms with Crippen LogP contribution in [0.1, 0.15) is 84.0 Å². The molecule has 0 atom stereocenters. The van der Waals surface area contributed by atoms with E-state index in [2.05, 4.69) is 13.8 Å². The highest BCUT2D eigenvalue weighted by atomic mass is 16.5. The molecule has 17 heavy (non-hydrogen) atoms. The number of ether oxygens (including phenoxy) is 1. The predicted molar refractivity (Wildman–Crippen MR) is 77.3 cm³/mol. The molecule has 1 radical (unpaired) electrons. The van der Waals surface area contributed by atoms with Crippen molar-refractivity contribution in [1.29, 1.82) is 0 Å². The fourth-order valence-corrected chi connectivity index (χ4v) is 2.00. The summed E-state index contributed by atoms with van der Waals surface area (Å²) in [7, 11) is 0. The number of unbranched alkanes of at least 4 members (excludes halogenated alkanes) is 10. The maximum Gasteiger partial charge on any atom is 0.0466 e. The van der Waals surface area contributed by atoms with E-state index in [1.54, 1.807) is 0 Å². The van der Waals surface area contributed by atoms with Gasteiger partial charge in [0.05, 0.1) is 0 Å². The van der Waals surface area contributed by atoms with Crippen molar-refractivity contribution in [3.8, 4) is 0 Å². The van der Waals surface area contributed by atoms with Crippen LogP contribution >= 0.6 is 0 Å². The molecular formula is C16H33O. The van der Waals surface area contributed by atoms with Gasteiger partial charge in [0.15, 0.2) is 0 Å². The van der Waals surface area contributed by atoms with Gasteiger partial charge in [-0.3, -0.25) is 0 Å².